The number of aromatic amines is 1. The lowest BCUT2D eigenvalue weighted by atomic mass is 10.1. The van der Waals surface area contributed by atoms with E-state index in [9.17, 15) is 10.2 Å². The fourth-order valence-corrected chi connectivity index (χ4v) is 2.19. The number of H-pyrrole nitrogens is 1. The second-order valence-corrected chi connectivity index (χ2v) is 4.51. The van der Waals surface area contributed by atoms with Gasteiger partial charge in [0.15, 0.2) is 11.5 Å². The predicted octanol–water partition coefficient (Wildman–Crippen LogP) is -0.157. The number of aliphatic hydroxyl groups is 2. The van der Waals surface area contributed by atoms with Crippen LogP contribution in [0.25, 0.3) is 11.2 Å². The molecule has 7 nitrogen and oxygen atoms in total. The molecule has 1 aliphatic heterocycles. The molecule has 2 aromatic heterocycles. The molecule has 0 saturated carbocycles. The minimum Gasteiger partial charge on any atom is -0.388 e. The van der Waals surface area contributed by atoms with Crippen LogP contribution in [0.2, 0.25) is 0 Å². The number of nitrogens with zero attached hydrogens (tertiary/aromatic N) is 3. The summed E-state index contributed by atoms with van der Waals surface area (Å²) in [5.74, 6) is 0.350. The van der Waals surface area contributed by atoms with Crippen molar-refractivity contribution >= 4 is 11.2 Å². The van der Waals surface area contributed by atoms with Gasteiger partial charge in [0.25, 0.3) is 0 Å². The molecular weight excluding hydrogens is 236 g/mol. The van der Waals surface area contributed by atoms with E-state index >= 15 is 0 Å². The van der Waals surface area contributed by atoms with Gasteiger partial charge in [0, 0.05) is 0 Å². The molecule has 0 aromatic carbocycles. The van der Waals surface area contributed by atoms with Gasteiger partial charge in [-0.2, -0.15) is 0 Å². The Balaban J connectivity index is 2.04. The van der Waals surface area contributed by atoms with E-state index in [0.29, 0.717) is 11.5 Å². The zero-order valence-corrected chi connectivity index (χ0v) is 10.0. The van der Waals surface area contributed by atoms with Crippen LogP contribution in [0.5, 0.6) is 0 Å². The number of aryl methyl sites for hydroxylation is 1. The Kier molecular flexibility index (Phi) is 2.54. The maximum atomic E-state index is 9.91. The van der Waals surface area contributed by atoms with E-state index in [-0.39, 0.29) is 0 Å². The molecule has 18 heavy (non-hydrogen) atoms. The van der Waals surface area contributed by atoms with E-state index < -0.39 is 24.4 Å². The van der Waals surface area contributed by atoms with Gasteiger partial charge < -0.3 is 19.9 Å². The minimum atomic E-state index is -1.02. The fourth-order valence-electron chi connectivity index (χ4n) is 2.19. The average molecular weight is 250 g/mol. The van der Waals surface area contributed by atoms with Gasteiger partial charge in [-0.1, -0.05) is 0 Å². The first kappa shape index (κ1) is 11.5. The van der Waals surface area contributed by atoms with Crippen molar-refractivity contribution < 1.29 is 14.9 Å². The first-order valence-electron chi connectivity index (χ1n) is 5.77. The molecule has 0 aliphatic carbocycles. The van der Waals surface area contributed by atoms with E-state index in [1.807, 2.05) is 6.92 Å². The molecule has 2 aromatic rings. The third-order valence-electron chi connectivity index (χ3n) is 3.24. The number of aliphatic hydroxyl groups excluding tert-OH is 2. The Morgan fingerprint density at radius 3 is 2.72 bits per heavy atom. The van der Waals surface area contributed by atoms with Gasteiger partial charge in [0.1, 0.15) is 23.8 Å². The van der Waals surface area contributed by atoms with Crippen LogP contribution in [0.3, 0.4) is 0 Å². The summed E-state index contributed by atoms with van der Waals surface area (Å²) in [5.41, 5.74) is 2.03. The highest BCUT2D eigenvalue weighted by Crippen LogP contribution is 2.32. The van der Waals surface area contributed by atoms with Crippen molar-refractivity contribution in [3.63, 3.8) is 0 Å². The summed E-state index contributed by atoms with van der Waals surface area (Å²) in [5, 5.41) is 19.6. The van der Waals surface area contributed by atoms with Gasteiger partial charge in [0.2, 0.25) is 0 Å². The lowest BCUT2D eigenvalue weighted by molar-refractivity contribution is 0.00976. The first-order chi connectivity index (χ1) is 8.58. The van der Waals surface area contributed by atoms with Crippen molar-refractivity contribution in [3.8, 4) is 0 Å². The van der Waals surface area contributed by atoms with E-state index in [2.05, 4.69) is 19.9 Å². The number of imidazole rings is 1. The quantitative estimate of drug-likeness (QED) is 0.650. The average Bonchev–Trinajstić information content (AvgIpc) is 2.90. The van der Waals surface area contributed by atoms with Crippen LogP contribution < -0.4 is 0 Å². The van der Waals surface area contributed by atoms with Crippen molar-refractivity contribution in [3.05, 3.63) is 17.8 Å². The van der Waals surface area contributed by atoms with Crippen LogP contribution in [0.15, 0.2) is 6.33 Å². The zero-order chi connectivity index (χ0) is 12.9. The standard InChI is InChI=1S/C11H14N4O3/c1-4-6-10(13-3-12-6)15-11(14-4)9-8(17)7(16)5(2)18-9/h3,5,7-9,16-17H,1-2H3,(H,12,13,14,15)/t5-,7+,8+,9+/m0/s1. The fraction of sp³-hybridized carbons (Fsp3) is 0.545. The summed E-state index contributed by atoms with van der Waals surface area (Å²) >= 11 is 0. The lowest BCUT2D eigenvalue weighted by Gasteiger charge is -2.13. The summed E-state index contributed by atoms with van der Waals surface area (Å²) in [7, 11) is 0. The Morgan fingerprint density at radius 1 is 1.28 bits per heavy atom. The Hall–Kier alpha value is -1.57. The molecule has 96 valence electrons. The van der Waals surface area contributed by atoms with Gasteiger partial charge in [-0.15, -0.1) is 0 Å². The third-order valence-corrected chi connectivity index (χ3v) is 3.24. The highest BCUT2D eigenvalue weighted by Gasteiger charge is 2.42. The molecule has 1 fully saturated rings. The molecular formula is C11H14N4O3. The van der Waals surface area contributed by atoms with Crippen molar-refractivity contribution in [1.82, 2.24) is 19.9 Å². The van der Waals surface area contributed by atoms with Crippen LogP contribution in [0.4, 0.5) is 0 Å². The number of hydrogen-bond acceptors (Lipinski definition) is 6. The van der Waals surface area contributed by atoms with Gasteiger partial charge in [-0.3, -0.25) is 0 Å². The molecule has 7 heteroatoms. The first-order valence-corrected chi connectivity index (χ1v) is 5.77. The number of ether oxygens (including phenoxy) is 1. The number of aromatic nitrogens is 4. The minimum absolute atomic E-state index is 0.350. The summed E-state index contributed by atoms with van der Waals surface area (Å²) in [4.78, 5) is 15.6. The third kappa shape index (κ3) is 1.59. The van der Waals surface area contributed by atoms with Gasteiger partial charge in [-0.05, 0) is 13.8 Å². The van der Waals surface area contributed by atoms with Crippen LogP contribution >= 0.6 is 0 Å². The van der Waals surface area contributed by atoms with Crippen LogP contribution in [-0.4, -0.2) is 48.5 Å². The Labute approximate surface area is 103 Å². The van der Waals surface area contributed by atoms with Crippen LogP contribution in [0.1, 0.15) is 24.5 Å². The zero-order valence-electron chi connectivity index (χ0n) is 10.0. The molecule has 0 radical (unpaired) electrons. The van der Waals surface area contributed by atoms with Crippen molar-refractivity contribution in [1.29, 1.82) is 0 Å². The lowest BCUT2D eigenvalue weighted by Crippen LogP contribution is -2.29. The van der Waals surface area contributed by atoms with Crippen molar-refractivity contribution in [2.75, 3.05) is 0 Å². The van der Waals surface area contributed by atoms with E-state index in [4.69, 9.17) is 4.74 Å². The highest BCUT2D eigenvalue weighted by molar-refractivity contribution is 5.72. The maximum absolute atomic E-state index is 9.91. The molecule has 0 spiro atoms. The summed E-state index contributed by atoms with van der Waals surface area (Å²) in [6, 6.07) is 0. The number of rotatable bonds is 1. The Bertz CT molecular complexity index is 585. The predicted molar refractivity (Wildman–Crippen MR) is 61.7 cm³/mol. The number of hydrogen-bond donors (Lipinski definition) is 3. The molecule has 0 unspecified atom stereocenters. The molecule has 1 aliphatic rings. The van der Waals surface area contributed by atoms with Gasteiger partial charge >= 0.3 is 0 Å². The summed E-state index contributed by atoms with van der Waals surface area (Å²) < 4.78 is 5.49. The topological polar surface area (TPSA) is 104 Å². The molecule has 4 atom stereocenters. The molecule has 3 rings (SSSR count). The van der Waals surface area contributed by atoms with Crippen LogP contribution in [0, 0.1) is 6.92 Å². The SMILES string of the molecule is Cc1nc([C@@H]2O[C@@H](C)[C@@H](O)[C@H]2O)nc2nc[nH]c12. The number of nitrogens with one attached hydrogen (secondary N) is 1. The largest absolute Gasteiger partial charge is 0.388 e. The Morgan fingerprint density at radius 2 is 2.06 bits per heavy atom. The van der Waals surface area contributed by atoms with E-state index in [1.54, 1.807) is 13.3 Å². The summed E-state index contributed by atoms with van der Waals surface area (Å²) in [6.45, 7) is 3.53. The van der Waals surface area contributed by atoms with E-state index in [0.717, 1.165) is 11.2 Å². The molecule has 1 saturated heterocycles. The van der Waals surface area contributed by atoms with Crippen molar-refractivity contribution in [2.45, 2.75) is 38.3 Å². The van der Waals surface area contributed by atoms with E-state index in [1.165, 1.54) is 0 Å². The second kappa shape index (κ2) is 3.98. The van der Waals surface area contributed by atoms with Gasteiger partial charge in [0.05, 0.1) is 18.1 Å². The smallest absolute Gasteiger partial charge is 0.181 e. The second-order valence-electron chi connectivity index (χ2n) is 4.51. The van der Waals surface area contributed by atoms with Gasteiger partial charge in [-0.25, -0.2) is 15.0 Å². The van der Waals surface area contributed by atoms with Crippen molar-refractivity contribution in [2.24, 2.45) is 0 Å². The van der Waals surface area contributed by atoms with Crippen LogP contribution in [-0.2, 0) is 4.74 Å². The highest BCUT2D eigenvalue weighted by atomic mass is 16.5. The molecule has 3 heterocycles. The monoisotopic (exact) mass is 250 g/mol. The molecule has 0 bridgehead atoms. The molecule has 3 N–H and O–H groups in total. The summed E-state index contributed by atoms with van der Waals surface area (Å²) in [6.07, 6.45) is -1.55. The molecule has 0 amide bonds. The maximum Gasteiger partial charge on any atom is 0.181 e. The normalized spacial score (nSPS) is 32.2. The number of fused-ring (bicyclic) bond motifs is 1.